The molecule has 6 nitrogen and oxygen atoms in total. The zero-order valence-corrected chi connectivity index (χ0v) is 24.9. The molecule has 2 aromatic rings. The van der Waals surface area contributed by atoms with E-state index >= 15 is 0 Å². The van der Waals surface area contributed by atoms with Crippen molar-refractivity contribution >= 4 is 45.2 Å². The number of hydrogen-bond donors (Lipinski definition) is 3. The second kappa shape index (κ2) is 9.36. The van der Waals surface area contributed by atoms with E-state index in [0.29, 0.717) is 28.3 Å². The van der Waals surface area contributed by atoms with Gasteiger partial charge in [0.1, 0.15) is 11.3 Å². The molecule has 0 radical (unpaired) electrons. The van der Waals surface area contributed by atoms with E-state index in [2.05, 4.69) is 80.5 Å². The Kier molecular flexibility index (Phi) is 6.57. The maximum Gasteiger partial charge on any atom is 0.337 e. The van der Waals surface area contributed by atoms with Crippen molar-refractivity contribution in [3.05, 3.63) is 64.6 Å². The number of anilines is 1. The topological polar surface area (TPSA) is 99.2 Å². The minimum absolute atomic E-state index is 0.0525. The zero-order valence-electron chi connectivity index (χ0n) is 22.7. The van der Waals surface area contributed by atoms with Crippen molar-refractivity contribution in [1.29, 1.82) is 5.41 Å². The second-order valence-corrected chi connectivity index (χ2v) is 14.9. The van der Waals surface area contributed by atoms with E-state index in [1.807, 2.05) is 12.1 Å². The number of hydrogen-bond acceptors (Lipinski definition) is 5. The molecule has 0 saturated carbocycles. The largest absolute Gasteiger partial charge is 0.478 e. The van der Waals surface area contributed by atoms with Crippen LogP contribution in [0.3, 0.4) is 0 Å². The molecule has 38 heavy (non-hydrogen) atoms. The third-order valence-corrected chi connectivity index (χ3v) is 7.92. The summed E-state index contributed by atoms with van der Waals surface area (Å²) in [4.78, 5) is 16.9. The molecule has 0 spiro atoms. The Bertz CT molecular complexity index is 1600. The first-order chi connectivity index (χ1) is 17.7. The number of halogens is 1. The molecule has 0 bridgehead atoms. The number of nitrogens with one attached hydrogen (secondary N) is 2. The lowest BCUT2D eigenvalue weighted by molar-refractivity contribution is 0.0697. The van der Waals surface area contributed by atoms with Gasteiger partial charge in [-0.15, -0.1) is 0 Å². The van der Waals surface area contributed by atoms with Crippen molar-refractivity contribution in [3.8, 4) is 22.6 Å². The number of fused-ring (bicyclic) bond motifs is 3. The Morgan fingerprint density at radius 1 is 1.32 bits per heavy atom. The van der Waals surface area contributed by atoms with Crippen molar-refractivity contribution in [2.24, 2.45) is 0 Å². The second-order valence-electron chi connectivity index (χ2n) is 12.0. The molecule has 7 heteroatoms. The Morgan fingerprint density at radius 2 is 2.05 bits per heavy atom. The summed E-state index contributed by atoms with van der Waals surface area (Å²) in [5.74, 6) is -0.0245. The minimum atomic E-state index is -1.03. The van der Waals surface area contributed by atoms with Crippen molar-refractivity contribution in [2.75, 3.05) is 5.32 Å². The number of nitrogens with zero attached hydrogens (tertiary/aromatic N) is 1. The number of benzene rings is 2. The predicted octanol–water partition coefficient (Wildman–Crippen LogP) is 8.18. The average Bonchev–Trinajstić information content (AvgIpc) is 2.79. The molecule has 3 aliphatic rings. The van der Waals surface area contributed by atoms with Crippen molar-refractivity contribution in [1.82, 2.24) is 4.98 Å². The first-order valence-corrected chi connectivity index (χ1v) is 14.1. The van der Waals surface area contributed by atoms with Gasteiger partial charge in [-0.05, 0) is 73.9 Å². The molecule has 0 amide bonds. The number of aromatic carboxylic acids is 1. The molecule has 2 unspecified atom stereocenters. The van der Waals surface area contributed by atoms with Crippen LogP contribution in [0.15, 0.2) is 47.0 Å². The van der Waals surface area contributed by atoms with E-state index in [1.54, 1.807) is 24.4 Å². The van der Waals surface area contributed by atoms with Crippen LogP contribution in [-0.4, -0.2) is 25.0 Å². The molecular formula is C31H34IN3O3. The van der Waals surface area contributed by atoms with Crippen LogP contribution in [0.1, 0.15) is 87.7 Å². The van der Waals surface area contributed by atoms with Gasteiger partial charge in [-0.3, -0.25) is 4.98 Å². The van der Waals surface area contributed by atoms with Crippen LogP contribution in [0, 0.1) is 5.41 Å². The average molecular weight is 624 g/mol. The Morgan fingerprint density at radius 3 is 2.74 bits per heavy atom. The summed E-state index contributed by atoms with van der Waals surface area (Å²) in [6.45, 7) is 13.1. The summed E-state index contributed by atoms with van der Waals surface area (Å²) in [5.41, 5.74) is 5.77. The predicted molar refractivity (Wildman–Crippen MR) is 161 cm³/mol. The summed E-state index contributed by atoms with van der Waals surface area (Å²) < 4.78 is 6.53. The molecular weight excluding hydrogens is 589 g/mol. The van der Waals surface area contributed by atoms with Gasteiger partial charge in [-0.25, -0.2) is 4.79 Å². The van der Waals surface area contributed by atoms with Crippen LogP contribution < -0.4 is 10.7 Å². The van der Waals surface area contributed by atoms with E-state index in [4.69, 9.17) is 9.83 Å². The molecule has 198 valence electrons. The van der Waals surface area contributed by atoms with Gasteiger partial charge in [0.2, 0.25) is 0 Å². The van der Waals surface area contributed by atoms with Gasteiger partial charge >= 0.3 is 5.97 Å². The first-order valence-electron chi connectivity index (χ1n) is 13.0. The molecule has 3 heterocycles. The molecule has 2 atom stereocenters. The third kappa shape index (κ3) is 4.93. The highest BCUT2D eigenvalue weighted by Gasteiger charge is 2.32. The van der Waals surface area contributed by atoms with Crippen LogP contribution in [-0.2, 0) is 0 Å². The lowest BCUT2D eigenvalue weighted by Crippen LogP contribution is -2.36. The van der Waals surface area contributed by atoms with E-state index in [-0.39, 0.29) is 20.4 Å². The van der Waals surface area contributed by atoms with Gasteiger partial charge in [0.25, 0.3) is 0 Å². The molecule has 2 aliphatic heterocycles. The summed E-state index contributed by atoms with van der Waals surface area (Å²) >= 11 is 2.45. The quantitative estimate of drug-likeness (QED) is 0.118. The molecule has 1 aromatic heterocycles. The van der Waals surface area contributed by atoms with Gasteiger partial charge in [-0.1, -0.05) is 50.3 Å². The van der Waals surface area contributed by atoms with Gasteiger partial charge in [0.05, 0.1) is 16.6 Å². The zero-order chi connectivity index (χ0) is 27.6. The van der Waals surface area contributed by atoms with E-state index < -0.39 is 5.97 Å². The molecule has 1 aromatic carbocycles. The molecule has 3 N–H and O–H groups in total. The van der Waals surface area contributed by atoms with Gasteiger partial charge < -0.3 is 20.2 Å². The fourth-order valence-corrected chi connectivity index (χ4v) is 6.76. The SMILES string of the molecule is CC1CC(C)(C)Nc2cc3oc4cc(=N)c(C(C)CC(C)(C)I)cc-4c(-c4ncccc4C(=O)O)c3cc21. The number of alkyl halides is 1. The highest BCUT2D eigenvalue weighted by Crippen LogP contribution is 2.46. The standard InChI is InChI=1S/C31H34IN3O3/c1-16(14-30(3,4)32)19-10-21-25(12-23(19)33)38-26-13-24-20(17(2)15-31(5,6)35-24)11-22(26)27(21)28-18(29(36)37)8-7-9-34-28/h7-13,16-17,33,35H,14-15H2,1-6H3,(H,36,37). The fraction of sp³-hybridized carbons (Fsp3) is 0.387. The van der Waals surface area contributed by atoms with Crippen LogP contribution in [0.4, 0.5) is 5.69 Å². The lowest BCUT2D eigenvalue weighted by Gasteiger charge is -2.37. The van der Waals surface area contributed by atoms with Gasteiger partial charge in [0, 0.05) is 49.5 Å². The van der Waals surface area contributed by atoms with Crippen LogP contribution in [0.2, 0.25) is 0 Å². The third-order valence-electron chi connectivity index (χ3n) is 7.48. The summed E-state index contributed by atoms with van der Waals surface area (Å²) in [7, 11) is 0. The van der Waals surface area contributed by atoms with Crippen LogP contribution in [0.25, 0.3) is 33.6 Å². The van der Waals surface area contributed by atoms with Crippen LogP contribution >= 0.6 is 22.6 Å². The Labute approximate surface area is 236 Å². The van der Waals surface area contributed by atoms with Crippen molar-refractivity contribution in [3.63, 3.8) is 0 Å². The first kappa shape index (κ1) is 26.7. The molecule has 0 saturated heterocycles. The number of pyridine rings is 1. The number of carboxylic acid groups (broad SMARTS) is 1. The lowest BCUT2D eigenvalue weighted by atomic mass is 9.80. The highest BCUT2D eigenvalue weighted by molar-refractivity contribution is 14.1. The molecule has 1 aliphatic carbocycles. The smallest absolute Gasteiger partial charge is 0.337 e. The number of carbonyl (C=O) groups is 1. The maximum absolute atomic E-state index is 12.3. The van der Waals surface area contributed by atoms with Gasteiger partial charge in [0.15, 0.2) is 0 Å². The number of aromatic nitrogens is 1. The normalized spacial score (nSPS) is 17.7. The van der Waals surface area contributed by atoms with Gasteiger partial charge in [-0.2, -0.15) is 0 Å². The molecule has 0 fully saturated rings. The Balaban J connectivity index is 1.88. The number of carboxylic acids is 1. The van der Waals surface area contributed by atoms with E-state index in [1.165, 1.54) is 5.56 Å². The molecule has 5 rings (SSSR count). The van der Waals surface area contributed by atoms with Crippen molar-refractivity contribution in [2.45, 2.75) is 75.2 Å². The number of rotatable bonds is 5. The van der Waals surface area contributed by atoms with Crippen LogP contribution in [0.5, 0.6) is 0 Å². The summed E-state index contributed by atoms with van der Waals surface area (Å²) in [6, 6.07) is 11.2. The summed E-state index contributed by atoms with van der Waals surface area (Å²) in [5, 5.41) is 23.8. The van der Waals surface area contributed by atoms with E-state index in [9.17, 15) is 9.90 Å². The van der Waals surface area contributed by atoms with Crippen molar-refractivity contribution < 1.29 is 14.3 Å². The monoisotopic (exact) mass is 623 g/mol. The van der Waals surface area contributed by atoms with E-state index in [0.717, 1.165) is 40.6 Å². The fourth-order valence-electron chi connectivity index (χ4n) is 6.10. The summed E-state index contributed by atoms with van der Waals surface area (Å²) in [6.07, 6.45) is 3.52. The minimum Gasteiger partial charge on any atom is -0.478 e. The maximum atomic E-state index is 12.3. The highest BCUT2D eigenvalue weighted by atomic mass is 127. The Hall–Kier alpha value is -2.94.